The Balaban J connectivity index is 1.48. The average Bonchev–Trinajstić information content (AvgIpc) is 3.33. The smallest absolute Gasteiger partial charge is 0.260 e. The average molecular weight is 484 g/mol. The number of anilines is 1. The van der Waals surface area contributed by atoms with Gasteiger partial charge in [0, 0.05) is 29.1 Å². The Labute approximate surface area is 205 Å². The molecule has 0 saturated carbocycles. The van der Waals surface area contributed by atoms with Crippen molar-refractivity contribution in [3.63, 3.8) is 0 Å². The molecule has 166 valence electrons. The number of carbonyl (C=O) groups is 2. The number of halogens is 1. The van der Waals surface area contributed by atoms with Crippen LogP contribution in [0.2, 0.25) is 5.02 Å². The van der Waals surface area contributed by atoms with Crippen molar-refractivity contribution in [3.8, 4) is 0 Å². The molecule has 0 spiro atoms. The second-order valence-electron chi connectivity index (χ2n) is 7.61. The Hall–Kier alpha value is -3.87. The molecule has 1 amide bonds. The number of aromatic nitrogens is 2. The number of amides is 1. The number of pyridine rings is 1. The van der Waals surface area contributed by atoms with Crippen LogP contribution in [0, 0.1) is 0 Å². The van der Waals surface area contributed by atoms with E-state index >= 15 is 0 Å². The van der Waals surface area contributed by atoms with Crippen LogP contribution < -0.4 is 4.90 Å². The molecular weight excluding hydrogens is 466 g/mol. The first-order valence-corrected chi connectivity index (χ1v) is 11.8. The van der Waals surface area contributed by atoms with E-state index in [2.05, 4.69) is 9.97 Å². The van der Waals surface area contributed by atoms with Gasteiger partial charge in [0.15, 0.2) is 10.9 Å². The summed E-state index contributed by atoms with van der Waals surface area (Å²) in [7, 11) is 0. The number of thiazole rings is 1. The molecular formula is C27H18ClN3O2S. The van der Waals surface area contributed by atoms with Gasteiger partial charge in [0.2, 0.25) is 0 Å². The molecule has 2 aromatic heterocycles. The lowest BCUT2D eigenvalue weighted by Crippen LogP contribution is -2.30. The number of para-hydroxylation sites is 1. The Morgan fingerprint density at radius 3 is 2.26 bits per heavy atom. The zero-order valence-corrected chi connectivity index (χ0v) is 19.5. The predicted molar refractivity (Wildman–Crippen MR) is 136 cm³/mol. The maximum absolute atomic E-state index is 13.6. The summed E-state index contributed by atoms with van der Waals surface area (Å²) in [6.45, 7) is 0.300. The predicted octanol–water partition coefficient (Wildman–Crippen LogP) is 6.42. The number of ketones is 1. The second-order valence-corrected chi connectivity index (χ2v) is 9.02. The van der Waals surface area contributed by atoms with Crippen molar-refractivity contribution in [2.45, 2.75) is 6.54 Å². The standard InChI is InChI=1S/C27H18ClN3O2S/c28-22-9-4-10-23-24(22)30-27(34-23)31(17-18-6-5-15-29-16-18)26(33)21-13-11-20(12-14-21)25(32)19-7-2-1-3-8-19/h1-16H,17H2. The third kappa shape index (κ3) is 4.46. The zero-order valence-electron chi connectivity index (χ0n) is 17.9. The van der Waals surface area contributed by atoms with Crippen molar-refractivity contribution in [2.24, 2.45) is 0 Å². The van der Waals surface area contributed by atoms with Crippen molar-refractivity contribution in [2.75, 3.05) is 4.90 Å². The molecule has 0 aliphatic rings. The SMILES string of the molecule is O=C(c1ccccc1)c1ccc(C(=O)N(Cc2cccnc2)c2nc3c(Cl)cccc3s2)cc1. The third-order valence-corrected chi connectivity index (χ3v) is 6.68. The molecule has 5 rings (SSSR count). The summed E-state index contributed by atoms with van der Waals surface area (Å²) in [5.74, 6) is -0.314. The molecule has 34 heavy (non-hydrogen) atoms. The summed E-state index contributed by atoms with van der Waals surface area (Å²) >= 11 is 7.73. The van der Waals surface area contributed by atoms with Gasteiger partial charge >= 0.3 is 0 Å². The summed E-state index contributed by atoms with van der Waals surface area (Å²) in [5.41, 5.74) is 3.12. The monoisotopic (exact) mass is 483 g/mol. The van der Waals surface area contributed by atoms with E-state index in [0.29, 0.717) is 38.9 Å². The highest BCUT2D eigenvalue weighted by Crippen LogP contribution is 2.34. The van der Waals surface area contributed by atoms with E-state index in [1.165, 1.54) is 11.3 Å². The Morgan fingerprint density at radius 2 is 1.56 bits per heavy atom. The molecule has 0 unspecified atom stereocenters. The molecule has 0 atom stereocenters. The van der Waals surface area contributed by atoms with Crippen LogP contribution in [-0.2, 0) is 6.54 Å². The van der Waals surface area contributed by atoms with Crippen LogP contribution in [0.1, 0.15) is 31.8 Å². The van der Waals surface area contributed by atoms with Gasteiger partial charge in [0.05, 0.1) is 16.3 Å². The molecule has 0 radical (unpaired) electrons. The van der Waals surface area contributed by atoms with Crippen LogP contribution in [0.15, 0.2) is 97.3 Å². The van der Waals surface area contributed by atoms with Gasteiger partial charge in [0.25, 0.3) is 5.91 Å². The first-order valence-electron chi connectivity index (χ1n) is 10.6. The lowest BCUT2D eigenvalue weighted by atomic mass is 10.0. The lowest BCUT2D eigenvalue weighted by molar-refractivity contribution is 0.0982. The van der Waals surface area contributed by atoms with Crippen molar-refractivity contribution < 1.29 is 9.59 Å². The molecule has 7 heteroatoms. The Morgan fingerprint density at radius 1 is 0.824 bits per heavy atom. The largest absolute Gasteiger partial charge is 0.289 e. The topological polar surface area (TPSA) is 63.2 Å². The first kappa shape index (κ1) is 21.9. The van der Waals surface area contributed by atoms with E-state index in [4.69, 9.17) is 11.6 Å². The normalized spacial score (nSPS) is 10.9. The fourth-order valence-corrected chi connectivity index (χ4v) is 4.86. The minimum Gasteiger partial charge on any atom is -0.289 e. The number of hydrogen-bond donors (Lipinski definition) is 0. The molecule has 0 saturated heterocycles. The van der Waals surface area contributed by atoms with E-state index in [1.807, 2.05) is 42.5 Å². The Bertz CT molecular complexity index is 1470. The van der Waals surface area contributed by atoms with Gasteiger partial charge in [-0.25, -0.2) is 4.98 Å². The molecule has 2 heterocycles. The van der Waals surface area contributed by atoms with Gasteiger partial charge in [-0.05, 0) is 35.9 Å². The number of benzene rings is 3. The quantitative estimate of drug-likeness (QED) is 0.261. The van der Waals surface area contributed by atoms with Crippen molar-refractivity contribution in [1.29, 1.82) is 0 Å². The van der Waals surface area contributed by atoms with E-state index in [-0.39, 0.29) is 11.7 Å². The number of fused-ring (bicyclic) bond motifs is 1. The molecule has 0 aliphatic carbocycles. The summed E-state index contributed by atoms with van der Waals surface area (Å²) < 4.78 is 0.898. The number of rotatable bonds is 6. The minimum atomic E-state index is -0.224. The molecule has 0 bridgehead atoms. The van der Waals surface area contributed by atoms with Gasteiger partial charge < -0.3 is 0 Å². The van der Waals surface area contributed by atoms with Crippen LogP contribution in [0.4, 0.5) is 5.13 Å². The summed E-state index contributed by atoms with van der Waals surface area (Å²) in [6.07, 6.45) is 3.41. The van der Waals surface area contributed by atoms with Crippen LogP contribution >= 0.6 is 22.9 Å². The molecule has 5 aromatic rings. The number of nitrogens with zero attached hydrogens (tertiary/aromatic N) is 3. The van der Waals surface area contributed by atoms with Gasteiger partial charge in [-0.3, -0.25) is 19.5 Å². The molecule has 0 fully saturated rings. The van der Waals surface area contributed by atoms with Crippen molar-refractivity contribution in [3.05, 3.63) is 125 Å². The van der Waals surface area contributed by atoms with Crippen LogP contribution in [0.3, 0.4) is 0 Å². The summed E-state index contributed by atoms with van der Waals surface area (Å²) in [4.78, 5) is 36.8. The van der Waals surface area contributed by atoms with Crippen LogP contribution in [-0.4, -0.2) is 21.7 Å². The fraction of sp³-hybridized carbons (Fsp3) is 0.0370. The first-order chi connectivity index (χ1) is 16.6. The maximum Gasteiger partial charge on any atom is 0.260 e. The third-order valence-electron chi connectivity index (χ3n) is 5.33. The maximum atomic E-state index is 13.6. The van der Waals surface area contributed by atoms with Crippen molar-refractivity contribution >= 4 is 50.0 Å². The fourth-order valence-electron chi connectivity index (χ4n) is 3.60. The second kappa shape index (κ2) is 9.55. The molecule has 3 aromatic carbocycles. The van der Waals surface area contributed by atoms with E-state index in [9.17, 15) is 9.59 Å². The van der Waals surface area contributed by atoms with Crippen LogP contribution in [0.25, 0.3) is 10.2 Å². The molecule has 5 nitrogen and oxygen atoms in total. The molecule has 0 aliphatic heterocycles. The van der Waals surface area contributed by atoms with Gasteiger partial charge in [-0.2, -0.15) is 0 Å². The lowest BCUT2D eigenvalue weighted by Gasteiger charge is -2.20. The Kier molecular flexibility index (Phi) is 6.16. The van der Waals surface area contributed by atoms with E-state index in [0.717, 1.165) is 10.3 Å². The van der Waals surface area contributed by atoms with E-state index < -0.39 is 0 Å². The zero-order chi connectivity index (χ0) is 23.5. The van der Waals surface area contributed by atoms with Gasteiger partial charge in [0.1, 0.15) is 5.52 Å². The number of carbonyl (C=O) groups excluding carboxylic acids is 2. The molecule has 0 N–H and O–H groups in total. The highest BCUT2D eigenvalue weighted by atomic mass is 35.5. The highest BCUT2D eigenvalue weighted by molar-refractivity contribution is 7.22. The van der Waals surface area contributed by atoms with Crippen molar-refractivity contribution in [1.82, 2.24) is 9.97 Å². The van der Waals surface area contributed by atoms with Crippen LogP contribution in [0.5, 0.6) is 0 Å². The summed E-state index contributed by atoms with van der Waals surface area (Å²) in [6, 6.07) is 25.1. The summed E-state index contributed by atoms with van der Waals surface area (Å²) in [5, 5.41) is 1.08. The van der Waals surface area contributed by atoms with Gasteiger partial charge in [-0.15, -0.1) is 0 Å². The minimum absolute atomic E-state index is 0.0902. The van der Waals surface area contributed by atoms with Gasteiger partial charge in [-0.1, -0.05) is 77.5 Å². The van der Waals surface area contributed by atoms with E-state index in [1.54, 1.807) is 59.8 Å². The highest BCUT2D eigenvalue weighted by Gasteiger charge is 2.23. The number of hydrogen-bond acceptors (Lipinski definition) is 5.